The summed E-state index contributed by atoms with van der Waals surface area (Å²) in [5.41, 5.74) is 3.39. The van der Waals surface area contributed by atoms with Crippen molar-refractivity contribution < 1.29 is 33.8 Å². The Morgan fingerprint density at radius 3 is 2.40 bits per heavy atom. The quantitative estimate of drug-likeness (QED) is 0.276. The first-order valence-corrected chi connectivity index (χ1v) is 15.9. The third-order valence-electron chi connectivity index (χ3n) is 8.99. The van der Waals surface area contributed by atoms with Gasteiger partial charge in [-0.15, -0.1) is 0 Å². The molecule has 0 aliphatic carbocycles. The number of fused-ring (bicyclic) bond motifs is 3. The number of aromatic nitrogens is 2. The van der Waals surface area contributed by atoms with Gasteiger partial charge in [0.15, 0.2) is 0 Å². The zero-order valence-corrected chi connectivity index (χ0v) is 27.1. The predicted molar refractivity (Wildman–Crippen MR) is 167 cm³/mol. The Morgan fingerprint density at radius 1 is 1.00 bits per heavy atom. The standard InChI is InChI=1S/C32H48N6O7/c1-23(39)7-8-29(41)37(17-19-45-21-20-44-18-12-30(42)43)25-9-14-36(15-10-25)28(40)11-16-38-27-22-34(3)35(4)24(2)31(27)26-6-5-13-33-32(26)38/h5-6,13,24-25H,7-12,14-22H2,1-4H3,(H,42,43). The van der Waals surface area contributed by atoms with Crippen LogP contribution in [0.15, 0.2) is 18.3 Å². The fourth-order valence-corrected chi connectivity index (χ4v) is 6.31. The van der Waals surface area contributed by atoms with Crippen LogP contribution < -0.4 is 0 Å². The number of likely N-dealkylation sites (tertiary alicyclic amines) is 1. The number of aliphatic carboxylic acids is 1. The number of carboxylic acid groups (broad SMARTS) is 1. The van der Waals surface area contributed by atoms with Crippen molar-refractivity contribution in [1.29, 1.82) is 0 Å². The summed E-state index contributed by atoms with van der Waals surface area (Å²) < 4.78 is 13.1. The first kappa shape index (κ1) is 34.5. The summed E-state index contributed by atoms with van der Waals surface area (Å²) in [6.07, 6.45) is 3.79. The smallest absolute Gasteiger partial charge is 0.305 e. The Hall–Kier alpha value is -3.39. The zero-order chi connectivity index (χ0) is 32.5. The van der Waals surface area contributed by atoms with E-state index >= 15 is 0 Å². The molecule has 1 saturated heterocycles. The number of pyridine rings is 1. The van der Waals surface area contributed by atoms with Crippen LogP contribution in [0, 0.1) is 0 Å². The average Bonchev–Trinajstić information content (AvgIpc) is 3.33. The van der Waals surface area contributed by atoms with Gasteiger partial charge in [0, 0.05) is 94.5 Å². The molecule has 13 nitrogen and oxygen atoms in total. The highest BCUT2D eigenvalue weighted by atomic mass is 16.5. The molecule has 0 bridgehead atoms. The first-order chi connectivity index (χ1) is 21.6. The van der Waals surface area contributed by atoms with Gasteiger partial charge in [0.1, 0.15) is 11.4 Å². The van der Waals surface area contributed by atoms with Gasteiger partial charge in [-0.25, -0.2) is 15.0 Å². The number of hydrogen-bond acceptors (Lipinski definition) is 9. The molecule has 2 aliphatic rings. The highest BCUT2D eigenvalue weighted by Gasteiger charge is 2.33. The summed E-state index contributed by atoms with van der Waals surface area (Å²) in [5.74, 6) is -0.934. The number of hydrogen-bond donors (Lipinski definition) is 1. The number of Topliss-reactive ketones (excluding diaryl/α,β-unsaturated/α-hetero) is 1. The molecule has 4 rings (SSSR count). The molecule has 0 spiro atoms. The molecular formula is C32H48N6O7. The molecule has 2 aromatic rings. The van der Waals surface area contributed by atoms with Crippen molar-refractivity contribution >= 4 is 34.6 Å². The largest absolute Gasteiger partial charge is 0.481 e. The minimum atomic E-state index is -0.912. The Kier molecular flexibility index (Phi) is 12.5. The van der Waals surface area contributed by atoms with E-state index in [0.29, 0.717) is 58.7 Å². The summed E-state index contributed by atoms with van der Waals surface area (Å²) in [7, 11) is 4.16. The van der Waals surface area contributed by atoms with Crippen LogP contribution in [0.3, 0.4) is 0 Å². The van der Waals surface area contributed by atoms with Gasteiger partial charge in [-0.1, -0.05) is 0 Å². The van der Waals surface area contributed by atoms with Crippen LogP contribution in [0.1, 0.15) is 69.7 Å². The minimum Gasteiger partial charge on any atom is -0.481 e. The van der Waals surface area contributed by atoms with Crippen LogP contribution in [0.2, 0.25) is 0 Å². The van der Waals surface area contributed by atoms with E-state index in [4.69, 9.17) is 19.6 Å². The highest BCUT2D eigenvalue weighted by molar-refractivity contribution is 5.84. The van der Waals surface area contributed by atoms with Gasteiger partial charge in [-0.3, -0.25) is 14.4 Å². The van der Waals surface area contributed by atoms with E-state index in [1.807, 2.05) is 11.0 Å². The lowest BCUT2D eigenvalue weighted by molar-refractivity contribution is -0.139. The summed E-state index contributed by atoms with van der Waals surface area (Å²) in [6.45, 7) is 7.48. The second-order valence-corrected chi connectivity index (χ2v) is 12.0. The van der Waals surface area contributed by atoms with Crippen LogP contribution in [0.4, 0.5) is 0 Å². The normalized spacial score (nSPS) is 17.9. The second kappa shape index (κ2) is 16.3. The van der Waals surface area contributed by atoms with Crippen LogP contribution >= 0.6 is 0 Å². The Morgan fingerprint density at radius 2 is 1.71 bits per heavy atom. The molecule has 4 heterocycles. The van der Waals surface area contributed by atoms with Gasteiger partial charge in [0.2, 0.25) is 11.8 Å². The lowest BCUT2D eigenvalue weighted by Crippen LogP contribution is -2.50. The number of piperidine rings is 1. The van der Waals surface area contributed by atoms with Crippen molar-refractivity contribution in [2.75, 3.05) is 60.2 Å². The fraction of sp³-hybridized carbons (Fsp3) is 0.656. The maximum absolute atomic E-state index is 13.4. The number of carbonyl (C=O) groups excluding carboxylic acids is 3. The van der Waals surface area contributed by atoms with E-state index in [9.17, 15) is 19.2 Å². The van der Waals surface area contributed by atoms with Gasteiger partial charge in [0.05, 0.1) is 39.4 Å². The van der Waals surface area contributed by atoms with Gasteiger partial charge in [0.25, 0.3) is 0 Å². The molecule has 0 aromatic carbocycles. The SMILES string of the molecule is CC(=O)CCC(=O)N(CCOCCOCCC(=O)O)C1CCN(C(=O)CCn2c3c(c4cccnc42)C(C)N(C)N(C)C3)CC1. The number of hydrazine groups is 1. The molecule has 1 atom stereocenters. The molecule has 45 heavy (non-hydrogen) atoms. The molecule has 2 aliphatic heterocycles. The van der Waals surface area contributed by atoms with Crippen molar-refractivity contribution in [2.24, 2.45) is 0 Å². The van der Waals surface area contributed by atoms with Crippen molar-refractivity contribution in [2.45, 2.75) is 77.5 Å². The number of aryl methyl sites for hydroxylation is 1. The molecule has 0 radical (unpaired) electrons. The number of carboxylic acids is 1. The van der Waals surface area contributed by atoms with Gasteiger partial charge in [-0.05, 0) is 38.8 Å². The maximum atomic E-state index is 13.4. The third-order valence-corrected chi connectivity index (χ3v) is 8.99. The van der Waals surface area contributed by atoms with E-state index in [1.54, 1.807) is 11.1 Å². The summed E-state index contributed by atoms with van der Waals surface area (Å²) >= 11 is 0. The van der Waals surface area contributed by atoms with Crippen LogP contribution in [-0.2, 0) is 41.7 Å². The first-order valence-electron chi connectivity index (χ1n) is 15.9. The van der Waals surface area contributed by atoms with Crippen molar-refractivity contribution in [3.63, 3.8) is 0 Å². The van der Waals surface area contributed by atoms with E-state index < -0.39 is 5.97 Å². The lowest BCUT2D eigenvalue weighted by Gasteiger charge is -2.39. The van der Waals surface area contributed by atoms with Gasteiger partial charge >= 0.3 is 5.97 Å². The van der Waals surface area contributed by atoms with Crippen molar-refractivity contribution in [3.8, 4) is 0 Å². The monoisotopic (exact) mass is 628 g/mol. The number of rotatable bonds is 16. The van der Waals surface area contributed by atoms with Gasteiger partial charge in [-0.2, -0.15) is 0 Å². The predicted octanol–water partition coefficient (Wildman–Crippen LogP) is 2.48. The molecule has 1 unspecified atom stereocenters. The number of ether oxygens (including phenoxy) is 2. The lowest BCUT2D eigenvalue weighted by atomic mass is 10.0. The number of amides is 2. The molecule has 1 N–H and O–H groups in total. The molecule has 248 valence electrons. The topological polar surface area (TPSA) is 138 Å². The Bertz CT molecular complexity index is 1340. The van der Waals surface area contributed by atoms with Crippen LogP contribution in [0.5, 0.6) is 0 Å². The molecule has 0 saturated carbocycles. The number of ketones is 1. The summed E-state index contributed by atoms with van der Waals surface area (Å²) in [5, 5.41) is 14.2. The van der Waals surface area contributed by atoms with Crippen molar-refractivity contribution in [3.05, 3.63) is 29.6 Å². The average molecular weight is 629 g/mol. The molecular weight excluding hydrogens is 580 g/mol. The fourth-order valence-electron chi connectivity index (χ4n) is 6.31. The highest BCUT2D eigenvalue weighted by Crippen LogP contribution is 2.37. The Balaban J connectivity index is 1.31. The number of carbonyl (C=O) groups is 4. The zero-order valence-electron chi connectivity index (χ0n) is 27.1. The summed E-state index contributed by atoms with van der Waals surface area (Å²) in [4.78, 5) is 57.0. The second-order valence-electron chi connectivity index (χ2n) is 12.0. The summed E-state index contributed by atoms with van der Waals surface area (Å²) in [6, 6.07) is 4.24. The van der Waals surface area contributed by atoms with Crippen LogP contribution in [-0.4, -0.2) is 124 Å². The number of nitrogens with zero attached hydrogens (tertiary/aromatic N) is 6. The minimum absolute atomic E-state index is 0.0291. The molecule has 13 heteroatoms. The van der Waals surface area contributed by atoms with E-state index in [0.717, 1.165) is 17.6 Å². The molecule has 2 amide bonds. The van der Waals surface area contributed by atoms with Crippen LogP contribution in [0.25, 0.3) is 11.0 Å². The van der Waals surface area contributed by atoms with E-state index in [-0.39, 0.29) is 62.2 Å². The van der Waals surface area contributed by atoms with Crippen molar-refractivity contribution in [1.82, 2.24) is 29.4 Å². The van der Waals surface area contributed by atoms with Gasteiger partial charge < -0.3 is 33.7 Å². The maximum Gasteiger partial charge on any atom is 0.305 e. The third kappa shape index (κ3) is 8.87. The van der Waals surface area contributed by atoms with E-state index in [1.165, 1.54) is 18.2 Å². The molecule has 1 fully saturated rings. The Labute approximate surface area is 265 Å². The van der Waals surface area contributed by atoms with E-state index in [2.05, 4.69) is 41.7 Å². The molecule has 2 aromatic heterocycles.